The highest BCUT2D eigenvalue weighted by atomic mass is 32.2. The van der Waals surface area contributed by atoms with Crippen LogP contribution < -0.4 is 15.7 Å². The van der Waals surface area contributed by atoms with E-state index in [0.29, 0.717) is 17.9 Å². The normalized spacial score (nSPS) is 10.7. The van der Waals surface area contributed by atoms with Crippen LogP contribution in [0.2, 0.25) is 0 Å². The van der Waals surface area contributed by atoms with Crippen LogP contribution in [0.25, 0.3) is 11.0 Å². The van der Waals surface area contributed by atoms with Crippen LogP contribution in [0, 0.1) is 0 Å². The van der Waals surface area contributed by atoms with Gasteiger partial charge in [-0.2, -0.15) is 0 Å². The Labute approximate surface area is 161 Å². The highest BCUT2D eigenvalue weighted by Crippen LogP contribution is 2.23. The minimum absolute atomic E-state index is 0.0841. The van der Waals surface area contributed by atoms with E-state index in [9.17, 15) is 9.59 Å². The number of rotatable bonds is 8. The number of aryl methyl sites for hydroxylation is 1. The first-order chi connectivity index (χ1) is 13.2. The number of nitrogens with one attached hydrogen (secondary N) is 1. The molecule has 1 N–H and O–H groups in total. The first-order valence-corrected chi connectivity index (χ1v) is 9.78. The summed E-state index contributed by atoms with van der Waals surface area (Å²) < 4.78 is 10.8. The average Bonchev–Trinajstić information content (AvgIpc) is 2.69. The largest absolute Gasteiger partial charge is 0.484 e. The van der Waals surface area contributed by atoms with Crippen molar-refractivity contribution < 1.29 is 13.9 Å². The highest BCUT2D eigenvalue weighted by Gasteiger charge is 2.07. The Bertz CT molecular complexity index is 969. The van der Waals surface area contributed by atoms with Gasteiger partial charge in [-0.05, 0) is 36.2 Å². The van der Waals surface area contributed by atoms with E-state index in [-0.39, 0.29) is 18.1 Å². The van der Waals surface area contributed by atoms with Crippen molar-refractivity contribution in [2.75, 3.05) is 18.9 Å². The van der Waals surface area contributed by atoms with Gasteiger partial charge in [0.25, 0.3) is 5.91 Å². The van der Waals surface area contributed by atoms with E-state index in [2.05, 4.69) is 5.32 Å². The zero-order chi connectivity index (χ0) is 19.1. The van der Waals surface area contributed by atoms with Gasteiger partial charge >= 0.3 is 5.63 Å². The molecule has 0 atom stereocenters. The fourth-order valence-corrected chi connectivity index (χ4v) is 3.46. The molecule has 0 aliphatic carbocycles. The van der Waals surface area contributed by atoms with Gasteiger partial charge < -0.3 is 14.5 Å². The molecule has 5 nitrogen and oxygen atoms in total. The second kappa shape index (κ2) is 9.28. The molecule has 1 amide bonds. The van der Waals surface area contributed by atoms with Gasteiger partial charge in [0.1, 0.15) is 11.3 Å². The Morgan fingerprint density at radius 2 is 1.96 bits per heavy atom. The van der Waals surface area contributed by atoms with E-state index in [1.54, 1.807) is 23.9 Å². The minimum atomic E-state index is -0.384. The van der Waals surface area contributed by atoms with Crippen LogP contribution in [0.1, 0.15) is 12.5 Å². The number of amides is 1. The summed E-state index contributed by atoms with van der Waals surface area (Å²) in [6, 6.07) is 16.8. The summed E-state index contributed by atoms with van der Waals surface area (Å²) in [6.07, 6.45) is 0.742. The number of hydrogen-bond acceptors (Lipinski definition) is 5. The van der Waals surface area contributed by atoms with Gasteiger partial charge in [0.2, 0.25) is 0 Å². The molecule has 3 aromatic rings. The molecule has 0 saturated heterocycles. The van der Waals surface area contributed by atoms with Crippen molar-refractivity contribution in [2.24, 2.45) is 0 Å². The Hall–Kier alpha value is -2.73. The third-order valence-electron chi connectivity index (χ3n) is 3.99. The number of benzene rings is 2. The van der Waals surface area contributed by atoms with Crippen LogP contribution in [-0.2, 0) is 11.2 Å². The predicted octanol–water partition coefficient (Wildman–Crippen LogP) is 3.64. The van der Waals surface area contributed by atoms with Gasteiger partial charge in [0.15, 0.2) is 6.61 Å². The maximum atomic E-state index is 11.9. The molecule has 0 radical (unpaired) electrons. The number of ether oxygens (including phenoxy) is 1. The van der Waals surface area contributed by atoms with E-state index in [0.717, 1.165) is 23.1 Å². The Balaban J connectivity index is 1.49. The first kappa shape index (κ1) is 19.0. The molecule has 0 aliphatic heterocycles. The van der Waals surface area contributed by atoms with Crippen molar-refractivity contribution in [1.29, 1.82) is 0 Å². The number of carbonyl (C=O) groups is 1. The summed E-state index contributed by atoms with van der Waals surface area (Å²) in [5, 5.41) is 3.71. The van der Waals surface area contributed by atoms with E-state index in [1.165, 1.54) is 11.0 Å². The van der Waals surface area contributed by atoms with Gasteiger partial charge in [0.05, 0.1) is 0 Å². The lowest BCUT2D eigenvalue weighted by molar-refractivity contribution is -0.122. The molecule has 140 valence electrons. The average molecular weight is 383 g/mol. The van der Waals surface area contributed by atoms with Crippen LogP contribution in [0.3, 0.4) is 0 Å². The lowest BCUT2D eigenvalue weighted by atomic mass is 10.1. The molecule has 27 heavy (non-hydrogen) atoms. The Kier molecular flexibility index (Phi) is 6.54. The van der Waals surface area contributed by atoms with Crippen molar-refractivity contribution in [1.82, 2.24) is 5.32 Å². The van der Waals surface area contributed by atoms with Gasteiger partial charge in [-0.25, -0.2) is 4.79 Å². The van der Waals surface area contributed by atoms with Crippen molar-refractivity contribution in [3.05, 3.63) is 70.6 Å². The second-order valence-electron chi connectivity index (χ2n) is 5.90. The zero-order valence-electron chi connectivity index (χ0n) is 15.1. The minimum Gasteiger partial charge on any atom is -0.484 e. The molecule has 0 saturated carbocycles. The first-order valence-electron chi connectivity index (χ1n) is 8.80. The maximum absolute atomic E-state index is 11.9. The van der Waals surface area contributed by atoms with Crippen molar-refractivity contribution in [3.63, 3.8) is 0 Å². The molecule has 0 fully saturated rings. The van der Waals surface area contributed by atoms with Gasteiger partial charge in [-0.3, -0.25) is 4.79 Å². The molecule has 0 aliphatic rings. The maximum Gasteiger partial charge on any atom is 0.336 e. The third kappa shape index (κ3) is 5.37. The fourth-order valence-electron chi connectivity index (χ4n) is 2.67. The van der Waals surface area contributed by atoms with Crippen LogP contribution in [0.15, 0.2) is 68.7 Å². The molecule has 6 heteroatoms. The van der Waals surface area contributed by atoms with Crippen LogP contribution in [0.5, 0.6) is 5.75 Å². The van der Waals surface area contributed by atoms with E-state index in [4.69, 9.17) is 9.15 Å². The van der Waals surface area contributed by atoms with Crippen LogP contribution >= 0.6 is 11.8 Å². The van der Waals surface area contributed by atoms with Crippen molar-refractivity contribution in [3.8, 4) is 5.75 Å². The highest BCUT2D eigenvalue weighted by molar-refractivity contribution is 7.99. The Morgan fingerprint density at radius 3 is 2.74 bits per heavy atom. The number of hydrogen-bond donors (Lipinski definition) is 1. The number of thioether (sulfide) groups is 1. The number of carbonyl (C=O) groups excluding carboxylic acids is 1. The van der Waals surface area contributed by atoms with Crippen LogP contribution in [0.4, 0.5) is 0 Å². The summed E-state index contributed by atoms with van der Waals surface area (Å²) in [4.78, 5) is 24.7. The molecule has 1 aromatic heterocycles. The van der Waals surface area contributed by atoms with E-state index >= 15 is 0 Å². The summed E-state index contributed by atoms with van der Waals surface area (Å²) in [5.74, 6) is 1.09. The molecule has 1 heterocycles. The quantitative estimate of drug-likeness (QED) is 0.365. The topological polar surface area (TPSA) is 68.5 Å². The standard InChI is InChI=1S/C21H21NO4S/c1-2-15-12-21(24)26-19-13-16(8-9-18(15)19)25-14-20(23)22-10-11-27-17-6-4-3-5-7-17/h3-9,12-13H,2,10-11,14H2,1H3,(H,22,23). The van der Waals surface area contributed by atoms with Crippen molar-refractivity contribution in [2.45, 2.75) is 18.2 Å². The van der Waals surface area contributed by atoms with Gasteiger partial charge in [-0.1, -0.05) is 25.1 Å². The molecular formula is C21H21NO4S. The summed E-state index contributed by atoms with van der Waals surface area (Å²) in [6.45, 7) is 2.46. The van der Waals surface area contributed by atoms with Crippen molar-refractivity contribution >= 4 is 28.6 Å². The molecule has 2 aromatic carbocycles. The molecule has 0 bridgehead atoms. The SMILES string of the molecule is CCc1cc(=O)oc2cc(OCC(=O)NCCSc3ccccc3)ccc12. The molecule has 0 spiro atoms. The lowest BCUT2D eigenvalue weighted by Gasteiger charge is -2.09. The van der Waals surface area contributed by atoms with E-state index in [1.807, 2.05) is 43.3 Å². The molecular weight excluding hydrogens is 362 g/mol. The molecule has 3 rings (SSSR count). The monoisotopic (exact) mass is 383 g/mol. The lowest BCUT2D eigenvalue weighted by Crippen LogP contribution is -2.30. The van der Waals surface area contributed by atoms with Gasteiger partial charge in [0, 0.05) is 34.7 Å². The van der Waals surface area contributed by atoms with Gasteiger partial charge in [-0.15, -0.1) is 11.8 Å². The smallest absolute Gasteiger partial charge is 0.336 e. The fraction of sp³-hybridized carbons (Fsp3) is 0.238. The number of fused-ring (bicyclic) bond motifs is 1. The zero-order valence-corrected chi connectivity index (χ0v) is 15.9. The summed E-state index contributed by atoms with van der Waals surface area (Å²) in [7, 11) is 0. The van der Waals surface area contributed by atoms with Crippen LogP contribution in [-0.4, -0.2) is 24.8 Å². The summed E-state index contributed by atoms with van der Waals surface area (Å²) in [5.41, 5.74) is 1.02. The Morgan fingerprint density at radius 1 is 1.15 bits per heavy atom. The van der Waals surface area contributed by atoms with E-state index < -0.39 is 0 Å². The predicted molar refractivity (Wildman–Crippen MR) is 108 cm³/mol. The summed E-state index contributed by atoms with van der Waals surface area (Å²) >= 11 is 1.69. The second-order valence-corrected chi connectivity index (χ2v) is 7.07. The third-order valence-corrected chi connectivity index (χ3v) is 5.00. The molecule has 0 unspecified atom stereocenters.